The van der Waals surface area contributed by atoms with Gasteiger partial charge >= 0.3 is 0 Å². The van der Waals surface area contributed by atoms with Crippen LogP contribution in [0.3, 0.4) is 0 Å². The number of hydrogen-bond donors (Lipinski definition) is 1. The van der Waals surface area contributed by atoms with Gasteiger partial charge in [0, 0.05) is 50.2 Å². The second-order valence-electron chi connectivity index (χ2n) is 10.6. The highest BCUT2D eigenvalue weighted by Crippen LogP contribution is 2.32. The molecule has 1 saturated heterocycles. The number of nitrogen functional groups attached to an aromatic ring is 1. The van der Waals surface area contributed by atoms with Crippen molar-refractivity contribution in [1.29, 1.82) is 10.5 Å². The van der Waals surface area contributed by atoms with Gasteiger partial charge in [-0.25, -0.2) is 24.9 Å². The minimum Gasteiger partial charge on any atom is -0.383 e. The van der Waals surface area contributed by atoms with Crippen LogP contribution in [0.5, 0.6) is 0 Å². The molecular weight excluding hydrogens is 564 g/mol. The van der Waals surface area contributed by atoms with Crippen molar-refractivity contribution in [3.63, 3.8) is 0 Å². The number of nitriles is 2. The highest BCUT2D eigenvalue weighted by Gasteiger charge is 2.21. The fourth-order valence-electron chi connectivity index (χ4n) is 5.47. The number of anilines is 2. The summed E-state index contributed by atoms with van der Waals surface area (Å²) in [5.41, 5.74) is 12.8. The highest BCUT2D eigenvalue weighted by atomic mass is 15.3. The topological polar surface area (TPSA) is 162 Å². The lowest BCUT2D eigenvalue weighted by molar-refractivity contribution is 0.248. The Balaban J connectivity index is 1.17. The molecular formula is C33H26N12. The molecule has 7 rings (SSSR count). The first kappa shape index (κ1) is 27.6. The van der Waals surface area contributed by atoms with Crippen molar-refractivity contribution in [2.24, 2.45) is 0 Å². The van der Waals surface area contributed by atoms with E-state index in [0.717, 1.165) is 60.7 Å². The third-order valence-electron chi connectivity index (χ3n) is 7.81. The number of rotatable bonds is 6. The molecule has 45 heavy (non-hydrogen) atoms. The standard InChI is InChI=1S/C33H26N12/c34-18-22-3-7-24(8-4-22)27-11-12-28-32(40-27)45(31(41-28)26-2-1-13-37-30(26)36)25-9-5-23(6-10-25)20-43-14-16-44(17-15-43)33-39-21-38-29(19-35)42-33/h1-13,21H,14-17,20H2,(H2,36,37). The molecule has 0 bridgehead atoms. The third-order valence-corrected chi connectivity index (χ3v) is 7.81. The number of imidazole rings is 1. The van der Waals surface area contributed by atoms with Crippen LogP contribution >= 0.6 is 0 Å². The number of benzene rings is 2. The molecule has 0 atom stereocenters. The van der Waals surface area contributed by atoms with E-state index in [1.807, 2.05) is 47.0 Å². The normalized spacial score (nSPS) is 13.4. The van der Waals surface area contributed by atoms with Gasteiger partial charge in [0.25, 0.3) is 0 Å². The maximum absolute atomic E-state index is 9.20. The molecule has 1 fully saturated rings. The van der Waals surface area contributed by atoms with Gasteiger partial charge < -0.3 is 10.6 Å². The van der Waals surface area contributed by atoms with Gasteiger partial charge in [0.15, 0.2) is 11.5 Å². The Hall–Kier alpha value is -6.24. The van der Waals surface area contributed by atoms with E-state index in [0.29, 0.717) is 28.8 Å². The van der Waals surface area contributed by atoms with E-state index < -0.39 is 0 Å². The van der Waals surface area contributed by atoms with Crippen molar-refractivity contribution in [2.45, 2.75) is 6.54 Å². The zero-order valence-corrected chi connectivity index (χ0v) is 24.1. The predicted molar refractivity (Wildman–Crippen MR) is 169 cm³/mol. The second-order valence-corrected chi connectivity index (χ2v) is 10.6. The summed E-state index contributed by atoms with van der Waals surface area (Å²) in [6.45, 7) is 4.00. The lowest BCUT2D eigenvalue weighted by atomic mass is 10.1. The number of aromatic nitrogens is 7. The lowest BCUT2D eigenvalue weighted by Gasteiger charge is -2.34. The summed E-state index contributed by atoms with van der Waals surface area (Å²) in [4.78, 5) is 31.1. The molecule has 0 unspecified atom stereocenters. The van der Waals surface area contributed by atoms with Crippen LogP contribution in [0.2, 0.25) is 0 Å². The lowest BCUT2D eigenvalue weighted by Crippen LogP contribution is -2.46. The average Bonchev–Trinajstić information content (AvgIpc) is 3.48. The number of fused-ring (bicyclic) bond motifs is 1. The molecule has 1 aliphatic heterocycles. The van der Waals surface area contributed by atoms with E-state index >= 15 is 0 Å². The average molecular weight is 591 g/mol. The summed E-state index contributed by atoms with van der Waals surface area (Å²) in [6, 6.07) is 27.6. The summed E-state index contributed by atoms with van der Waals surface area (Å²) in [5, 5.41) is 18.3. The fraction of sp³-hybridized carbons (Fsp3) is 0.152. The monoisotopic (exact) mass is 590 g/mol. The smallest absolute Gasteiger partial charge is 0.236 e. The van der Waals surface area contributed by atoms with Crippen molar-refractivity contribution < 1.29 is 0 Å². The molecule has 218 valence electrons. The molecule has 12 nitrogen and oxygen atoms in total. The molecule has 6 aromatic rings. The summed E-state index contributed by atoms with van der Waals surface area (Å²) < 4.78 is 2.02. The van der Waals surface area contributed by atoms with Crippen molar-refractivity contribution in [3.05, 3.63) is 102 Å². The Kier molecular flexibility index (Phi) is 7.23. The summed E-state index contributed by atoms with van der Waals surface area (Å²) >= 11 is 0. The van der Waals surface area contributed by atoms with Crippen LogP contribution in [-0.2, 0) is 6.54 Å². The molecule has 1 aliphatic rings. The minimum atomic E-state index is 0.128. The molecule has 0 radical (unpaired) electrons. The van der Waals surface area contributed by atoms with Crippen LogP contribution < -0.4 is 10.6 Å². The van der Waals surface area contributed by atoms with E-state index in [2.05, 4.69) is 60.1 Å². The van der Waals surface area contributed by atoms with Gasteiger partial charge in [0.1, 0.15) is 23.7 Å². The number of nitrogens with two attached hydrogens (primary N) is 1. The van der Waals surface area contributed by atoms with E-state index in [-0.39, 0.29) is 5.82 Å². The van der Waals surface area contributed by atoms with E-state index in [4.69, 9.17) is 21.0 Å². The molecule has 0 amide bonds. The third kappa shape index (κ3) is 5.49. The Morgan fingerprint density at radius 1 is 0.778 bits per heavy atom. The van der Waals surface area contributed by atoms with Crippen LogP contribution in [0, 0.1) is 22.7 Å². The highest BCUT2D eigenvalue weighted by molar-refractivity contribution is 5.84. The first-order valence-electron chi connectivity index (χ1n) is 14.4. The van der Waals surface area contributed by atoms with Gasteiger partial charge in [-0.3, -0.25) is 9.47 Å². The van der Waals surface area contributed by atoms with Crippen molar-refractivity contribution in [2.75, 3.05) is 36.8 Å². The van der Waals surface area contributed by atoms with E-state index in [9.17, 15) is 5.26 Å². The summed E-state index contributed by atoms with van der Waals surface area (Å²) in [7, 11) is 0. The minimum absolute atomic E-state index is 0.128. The predicted octanol–water partition coefficient (Wildman–Crippen LogP) is 3.98. The molecule has 0 spiro atoms. The Morgan fingerprint density at radius 2 is 1.58 bits per heavy atom. The molecule has 0 saturated carbocycles. The van der Waals surface area contributed by atoms with Gasteiger partial charge in [0.2, 0.25) is 11.8 Å². The SMILES string of the molecule is N#Cc1ccc(-c2ccc3nc(-c4cccnc4N)n(-c4ccc(CN5CCN(c6ncnc(C#N)n6)CC5)cc4)c3n2)cc1. The van der Waals surface area contributed by atoms with E-state index in [1.165, 1.54) is 11.9 Å². The zero-order valence-electron chi connectivity index (χ0n) is 24.1. The van der Waals surface area contributed by atoms with Crippen LogP contribution in [-0.4, -0.2) is 65.5 Å². The first-order chi connectivity index (χ1) is 22.1. The quantitative estimate of drug-likeness (QED) is 0.298. The maximum Gasteiger partial charge on any atom is 0.236 e. The Morgan fingerprint density at radius 3 is 2.31 bits per heavy atom. The molecule has 2 N–H and O–H groups in total. The van der Waals surface area contributed by atoms with Gasteiger partial charge in [0.05, 0.1) is 22.9 Å². The first-order valence-corrected chi connectivity index (χ1v) is 14.4. The Bertz CT molecular complexity index is 2080. The number of hydrogen-bond acceptors (Lipinski definition) is 11. The maximum atomic E-state index is 9.20. The second kappa shape index (κ2) is 11.8. The van der Waals surface area contributed by atoms with Crippen molar-refractivity contribution in [1.82, 2.24) is 39.4 Å². The molecule has 4 aromatic heterocycles. The molecule has 0 aliphatic carbocycles. The molecule has 12 heteroatoms. The van der Waals surface area contributed by atoms with Crippen molar-refractivity contribution in [3.8, 4) is 40.5 Å². The van der Waals surface area contributed by atoms with Crippen LogP contribution in [0.25, 0.3) is 39.5 Å². The number of pyridine rings is 2. The molecule has 5 heterocycles. The van der Waals surface area contributed by atoms with E-state index in [1.54, 1.807) is 18.3 Å². The van der Waals surface area contributed by atoms with Gasteiger partial charge in [-0.2, -0.15) is 15.5 Å². The summed E-state index contributed by atoms with van der Waals surface area (Å²) in [5.74, 6) is 1.71. The van der Waals surface area contributed by atoms with Gasteiger partial charge in [-0.15, -0.1) is 0 Å². The number of piperazine rings is 1. The van der Waals surface area contributed by atoms with Crippen molar-refractivity contribution >= 4 is 22.9 Å². The largest absolute Gasteiger partial charge is 0.383 e. The van der Waals surface area contributed by atoms with Gasteiger partial charge in [-0.05, 0) is 54.1 Å². The number of nitrogens with zero attached hydrogens (tertiary/aromatic N) is 11. The molecule has 2 aromatic carbocycles. The van der Waals surface area contributed by atoms with Crippen LogP contribution in [0.4, 0.5) is 11.8 Å². The van der Waals surface area contributed by atoms with Crippen LogP contribution in [0.15, 0.2) is 85.3 Å². The van der Waals surface area contributed by atoms with Crippen LogP contribution in [0.1, 0.15) is 17.0 Å². The Labute approximate surface area is 258 Å². The van der Waals surface area contributed by atoms with Gasteiger partial charge in [-0.1, -0.05) is 24.3 Å². The summed E-state index contributed by atoms with van der Waals surface area (Å²) in [6.07, 6.45) is 3.05. The zero-order chi connectivity index (χ0) is 30.8. The fourth-order valence-corrected chi connectivity index (χ4v) is 5.47.